The van der Waals surface area contributed by atoms with Gasteiger partial charge >= 0.3 is 7.25 Å². The number of H-pyrrole nitrogens is 2. The van der Waals surface area contributed by atoms with Gasteiger partial charge in [0.25, 0.3) is 0 Å². The SMILES string of the molecule is C1=Cc2cc3ccc(cc4ccc(cc5nc(cc1n2)C=C5)[nH]4)[nH]3.F[B-](F)(F)F. The molecule has 3 aromatic heterocycles. The molecule has 2 N–H and O–H groups in total. The lowest BCUT2D eigenvalue weighted by Crippen LogP contribution is -2.02. The quantitative estimate of drug-likeness (QED) is 0.250. The van der Waals surface area contributed by atoms with Gasteiger partial charge in [-0.25, -0.2) is 9.97 Å². The number of nitrogens with one attached hydrogen (secondary N) is 2. The minimum absolute atomic E-state index is 0.915. The van der Waals surface area contributed by atoms with Crippen molar-refractivity contribution in [3.05, 3.63) is 71.3 Å². The van der Waals surface area contributed by atoms with Gasteiger partial charge in [-0.2, -0.15) is 0 Å². The van der Waals surface area contributed by atoms with Crippen LogP contribution in [0, 0.1) is 0 Å². The largest absolute Gasteiger partial charge is 0.673 e. The summed E-state index contributed by atoms with van der Waals surface area (Å²) < 4.78 is 39.0. The number of hydrogen-bond donors (Lipinski definition) is 2. The van der Waals surface area contributed by atoms with E-state index in [0.29, 0.717) is 0 Å². The summed E-state index contributed by atoms with van der Waals surface area (Å²) in [7, 11) is -6.00. The van der Waals surface area contributed by atoms with E-state index in [2.05, 4.69) is 50.3 Å². The van der Waals surface area contributed by atoms with Crippen molar-refractivity contribution >= 4 is 53.6 Å². The molecule has 2 aliphatic heterocycles. The highest BCUT2D eigenvalue weighted by atomic mass is 19.5. The van der Waals surface area contributed by atoms with Crippen molar-refractivity contribution in [3.8, 4) is 0 Å². The lowest BCUT2D eigenvalue weighted by Gasteiger charge is -1.94. The van der Waals surface area contributed by atoms with Crippen LogP contribution in [0.2, 0.25) is 0 Å². The third kappa shape index (κ3) is 5.22. The molecule has 146 valence electrons. The van der Waals surface area contributed by atoms with E-state index in [1.807, 2.05) is 42.5 Å². The lowest BCUT2D eigenvalue weighted by molar-refractivity contribution is 0.368. The van der Waals surface area contributed by atoms with E-state index >= 15 is 0 Å². The van der Waals surface area contributed by atoms with Gasteiger partial charge in [-0.05, 0) is 72.8 Å². The maximum atomic E-state index is 9.75. The van der Waals surface area contributed by atoms with Gasteiger partial charge in [0, 0.05) is 22.1 Å². The summed E-state index contributed by atoms with van der Waals surface area (Å²) >= 11 is 0. The summed E-state index contributed by atoms with van der Waals surface area (Å²) in [6.45, 7) is 0. The lowest BCUT2D eigenvalue weighted by atomic mass is 10.3. The molecule has 2 aliphatic rings. The summed E-state index contributed by atoms with van der Waals surface area (Å²) in [5.41, 5.74) is 7.86. The van der Waals surface area contributed by atoms with Crippen LogP contribution >= 0.6 is 0 Å². The topological polar surface area (TPSA) is 57.4 Å². The zero-order valence-corrected chi connectivity index (χ0v) is 14.9. The summed E-state index contributed by atoms with van der Waals surface area (Å²) in [5, 5.41) is 0. The summed E-state index contributed by atoms with van der Waals surface area (Å²) in [4.78, 5) is 16.0. The fourth-order valence-electron chi connectivity index (χ4n) is 2.94. The third-order valence-electron chi connectivity index (χ3n) is 4.04. The molecule has 0 amide bonds. The molecular formula is C20H14BF4N4-. The first-order chi connectivity index (χ1) is 13.8. The summed E-state index contributed by atoms with van der Waals surface area (Å²) in [6, 6.07) is 16.4. The molecule has 0 unspecified atom stereocenters. The number of rotatable bonds is 0. The number of aromatic amines is 2. The van der Waals surface area contributed by atoms with Crippen molar-refractivity contribution in [2.75, 3.05) is 0 Å². The van der Waals surface area contributed by atoms with Crippen LogP contribution in [-0.2, 0) is 0 Å². The van der Waals surface area contributed by atoms with Crippen LogP contribution < -0.4 is 0 Å². The first-order valence-electron chi connectivity index (χ1n) is 8.72. The molecule has 5 heterocycles. The first-order valence-corrected chi connectivity index (χ1v) is 8.72. The third-order valence-corrected chi connectivity index (χ3v) is 4.04. The predicted molar refractivity (Wildman–Crippen MR) is 109 cm³/mol. The van der Waals surface area contributed by atoms with Crippen LogP contribution in [0.4, 0.5) is 17.3 Å². The van der Waals surface area contributed by atoms with Crippen LogP contribution in [0.25, 0.3) is 46.4 Å². The molecule has 4 nitrogen and oxygen atoms in total. The molecule has 0 atom stereocenters. The molecule has 29 heavy (non-hydrogen) atoms. The van der Waals surface area contributed by atoms with E-state index in [1.54, 1.807) is 0 Å². The van der Waals surface area contributed by atoms with E-state index in [9.17, 15) is 17.3 Å². The van der Waals surface area contributed by atoms with E-state index in [4.69, 9.17) is 0 Å². The number of hydrogen-bond acceptors (Lipinski definition) is 2. The second-order valence-corrected chi connectivity index (χ2v) is 6.40. The highest BCUT2D eigenvalue weighted by Crippen LogP contribution is 2.17. The molecule has 5 rings (SSSR count). The molecule has 9 heteroatoms. The van der Waals surface area contributed by atoms with Gasteiger partial charge in [-0.15, -0.1) is 0 Å². The van der Waals surface area contributed by atoms with Crippen LogP contribution in [-0.4, -0.2) is 27.2 Å². The minimum Gasteiger partial charge on any atom is -0.418 e. The van der Waals surface area contributed by atoms with Crippen molar-refractivity contribution in [2.24, 2.45) is 0 Å². The molecule has 3 aromatic rings. The number of nitrogens with zero attached hydrogens (tertiary/aromatic N) is 2. The van der Waals surface area contributed by atoms with Crippen molar-refractivity contribution in [2.45, 2.75) is 0 Å². The maximum absolute atomic E-state index is 9.75. The number of fused-ring (bicyclic) bond motifs is 8. The Hall–Kier alpha value is -3.62. The van der Waals surface area contributed by atoms with Crippen LogP contribution in [0.5, 0.6) is 0 Å². The van der Waals surface area contributed by atoms with Gasteiger partial charge in [0.2, 0.25) is 0 Å². The molecule has 0 spiro atoms. The van der Waals surface area contributed by atoms with Gasteiger partial charge in [0.15, 0.2) is 0 Å². The van der Waals surface area contributed by atoms with Gasteiger partial charge in [0.05, 0.1) is 22.8 Å². The Morgan fingerprint density at radius 3 is 1.21 bits per heavy atom. The predicted octanol–water partition coefficient (Wildman–Crippen LogP) is 5.96. The van der Waals surface area contributed by atoms with Gasteiger partial charge in [0.1, 0.15) is 0 Å². The highest BCUT2D eigenvalue weighted by Gasteiger charge is 2.20. The second kappa shape index (κ2) is 7.42. The van der Waals surface area contributed by atoms with E-state index in [0.717, 1.165) is 44.8 Å². The monoisotopic (exact) mass is 397 g/mol. The van der Waals surface area contributed by atoms with Gasteiger partial charge in [-0.1, -0.05) is 0 Å². The number of aromatic nitrogens is 4. The molecule has 0 aromatic carbocycles. The molecule has 0 radical (unpaired) electrons. The van der Waals surface area contributed by atoms with Crippen LogP contribution in [0.15, 0.2) is 48.5 Å². The molecule has 0 fully saturated rings. The highest BCUT2D eigenvalue weighted by molar-refractivity contribution is 6.50. The zero-order chi connectivity index (χ0) is 20.4. The number of halogens is 4. The summed E-state index contributed by atoms with van der Waals surface area (Å²) in [5.74, 6) is 0. The second-order valence-electron chi connectivity index (χ2n) is 6.40. The minimum atomic E-state index is -6.00. The average molecular weight is 397 g/mol. The Balaban J connectivity index is 0.000000369. The Morgan fingerprint density at radius 2 is 0.828 bits per heavy atom. The van der Waals surface area contributed by atoms with Gasteiger partial charge < -0.3 is 27.2 Å². The Bertz CT molecular complexity index is 1170. The molecule has 0 aliphatic carbocycles. The van der Waals surface area contributed by atoms with E-state index in [-0.39, 0.29) is 0 Å². The summed E-state index contributed by atoms with van der Waals surface area (Å²) in [6.07, 6.45) is 8.05. The fraction of sp³-hybridized carbons (Fsp3) is 0. The average Bonchev–Trinajstić information content (AvgIpc) is 3.38. The molecule has 8 bridgehead atoms. The Labute approximate surface area is 162 Å². The van der Waals surface area contributed by atoms with E-state index < -0.39 is 7.25 Å². The van der Waals surface area contributed by atoms with Crippen molar-refractivity contribution < 1.29 is 17.3 Å². The first kappa shape index (κ1) is 18.7. The standard InChI is InChI=1S/C20H14N4.BF4/c1-2-14-10-16-5-6-18(23-16)12-20-8-7-19(24-20)11-17-4-3-15(22-17)9-13(1)21-14;2-1(3,4)5/h1-12,21-22H;/q;-1. The Morgan fingerprint density at radius 1 is 0.517 bits per heavy atom. The smallest absolute Gasteiger partial charge is 0.418 e. The Kier molecular flexibility index (Phi) is 4.80. The van der Waals surface area contributed by atoms with Crippen LogP contribution in [0.1, 0.15) is 22.8 Å². The van der Waals surface area contributed by atoms with Gasteiger partial charge in [-0.3, -0.25) is 0 Å². The van der Waals surface area contributed by atoms with Crippen molar-refractivity contribution in [1.29, 1.82) is 0 Å². The maximum Gasteiger partial charge on any atom is 0.673 e. The van der Waals surface area contributed by atoms with E-state index in [1.165, 1.54) is 0 Å². The van der Waals surface area contributed by atoms with Crippen LogP contribution in [0.3, 0.4) is 0 Å². The van der Waals surface area contributed by atoms with Crippen molar-refractivity contribution in [3.63, 3.8) is 0 Å². The molecule has 0 saturated carbocycles. The fourth-order valence-corrected chi connectivity index (χ4v) is 2.94. The molecular weight excluding hydrogens is 383 g/mol. The van der Waals surface area contributed by atoms with Crippen molar-refractivity contribution in [1.82, 2.24) is 19.9 Å². The normalized spacial score (nSPS) is 12.6. The zero-order valence-electron chi connectivity index (χ0n) is 14.9. The molecule has 0 saturated heterocycles.